The average Bonchev–Trinajstić information content (AvgIpc) is 2.62. The molecule has 0 spiro atoms. The molecule has 0 unspecified atom stereocenters. The molecule has 0 radical (unpaired) electrons. The fraction of sp³-hybridized carbons (Fsp3) is 0.316. The van der Waals surface area contributed by atoms with Gasteiger partial charge >= 0.3 is 0 Å². The van der Waals surface area contributed by atoms with Crippen molar-refractivity contribution in [3.8, 4) is 0 Å². The molecule has 2 N–H and O–H groups in total. The Bertz CT molecular complexity index is 744. The first-order valence-corrected chi connectivity index (χ1v) is 8.69. The summed E-state index contributed by atoms with van der Waals surface area (Å²) in [5, 5.41) is 3.77. The van der Waals surface area contributed by atoms with Gasteiger partial charge in [-0.1, -0.05) is 41.9 Å². The summed E-state index contributed by atoms with van der Waals surface area (Å²) in [6.07, 6.45) is 0. The Balaban J connectivity index is 1.83. The molecular formula is C19H20ClN2O2+. The molecule has 4 rings (SSSR count). The van der Waals surface area contributed by atoms with Crippen LogP contribution in [0.2, 0.25) is 5.02 Å². The zero-order valence-electron chi connectivity index (χ0n) is 13.3. The zero-order valence-corrected chi connectivity index (χ0v) is 14.1. The van der Waals surface area contributed by atoms with E-state index in [2.05, 4.69) is 17.4 Å². The second kappa shape index (κ2) is 6.55. The minimum atomic E-state index is -0.165. The molecule has 2 heterocycles. The molecule has 2 aromatic carbocycles. The predicted octanol–water partition coefficient (Wildman–Crippen LogP) is 1.71. The van der Waals surface area contributed by atoms with Crippen molar-refractivity contribution < 1.29 is 14.4 Å². The number of anilines is 1. The van der Waals surface area contributed by atoms with Crippen molar-refractivity contribution in [1.82, 2.24) is 0 Å². The molecule has 2 aliphatic heterocycles. The largest absolute Gasteiger partial charge is 0.370 e. The number of benzene rings is 2. The third-order valence-corrected chi connectivity index (χ3v) is 5.19. The molecule has 2 atom stereocenters. The molecule has 4 nitrogen and oxygen atoms in total. The topological polar surface area (TPSA) is 42.8 Å². The minimum Gasteiger partial charge on any atom is -0.370 e. The van der Waals surface area contributed by atoms with Gasteiger partial charge in [0.15, 0.2) is 6.04 Å². The van der Waals surface area contributed by atoms with Crippen molar-refractivity contribution >= 4 is 23.2 Å². The molecule has 0 saturated carbocycles. The number of halogens is 1. The van der Waals surface area contributed by atoms with Crippen molar-refractivity contribution in [2.45, 2.75) is 12.0 Å². The Labute approximate surface area is 146 Å². The van der Waals surface area contributed by atoms with Gasteiger partial charge in [-0.15, -0.1) is 0 Å². The second-order valence-electron chi connectivity index (χ2n) is 6.36. The maximum atomic E-state index is 12.9. The number of fused-ring (bicyclic) bond motifs is 1. The minimum absolute atomic E-state index is 0.00162. The maximum absolute atomic E-state index is 12.9. The molecule has 5 heteroatoms. The quantitative estimate of drug-likeness (QED) is 0.871. The van der Waals surface area contributed by atoms with Gasteiger partial charge in [0.1, 0.15) is 13.1 Å². The van der Waals surface area contributed by atoms with Crippen LogP contribution in [0.25, 0.3) is 0 Å². The van der Waals surface area contributed by atoms with Crippen LogP contribution in [0.1, 0.15) is 17.0 Å². The number of rotatable bonds is 2. The molecule has 1 amide bonds. The van der Waals surface area contributed by atoms with E-state index in [1.807, 2.05) is 36.4 Å². The predicted molar refractivity (Wildman–Crippen MR) is 93.7 cm³/mol. The van der Waals surface area contributed by atoms with E-state index in [1.165, 1.54) is 4.90 Å². The number of morpholine rings is 1. The van der Waals surface area contributed by atoms with Gasteiger partial charge in [-0.2, -0.15) is 0 Å². The van der Waals surface area contributed by atoms with Crippen molar-refractivity contribution in [3.63, 3.8) is 0 Å². The molecule has 24 heavy (non-hydrogen) atoms. The summed E-state index contributed by atoms with van der Waals surface area (Å²) in [6.45, 7) is 3.08. The van der Waals surface area contributed by atoms with Gasteiger partial charge in [0.2, 0.25) is 0 Å². The van der Waals surface area contributed by atoms with E-state index in [-0.39, 0.29) is 17.9 Å². The van der Waals surface area contributed by atoms with Gasteiger partial charge in [0.25, 0.3) is 5.91 Å². The number of carbonyl (C=O) groups excluding carboxylic acids is 1. The summed E-state index contributed by atoms with van der Waals surface area (Å²) in [6, 6.07) is 15.8. The highest BCUT2D eigenvalue weighted by Gasteiger charge is 2.44. The Kier molecular flexibility index (Phi) is 4.27. The van der Waals surface area contributed by atoms with E-state index in [0.29, 0.717) is 18.2 Å². The van der Waals surface area contributed by atoms with Crippen LogP contribution in [0.3, 0.4) is 0 Å². The SMILES string of the molecule is O=C1Nc2ccc(Cl)cc2[C@H](c2ccccc2)[C@@H]1[NH+]1CCOCC1. The lowest BCUT2D eigenvalue weighted by Gasteiger charge is -2.39. The monoisotopic (exact) mass is 343 g/mol. The highest BCUT2D eigenvalue weighted by atomic mass is 35.5. The maximum Gasteiger partial charge on any atom is 0.283 e. The summed E-state index contributed by atoms with van der Waals surface area (Å²) in [7, 11) is 0. The lowest BCUT2D eigenvalue weighted by Crippen LogP contribution is -3.19. The molecule has 1 fully saturated rings. The zero-order chi connectivity index (χ0) is 16.5. The van der Waals surface area contributed by atoms with Crippen LogP contribution in [-0.2, 0) is 9.53 Å². The van der Waals surface area contributed by atoms with Crippen LogP contribution in [0.5, 0.6) is 0 Å². The fourth-order valence-electron chi connectivity index (χ4n) is 3.84. The van der Waals surface area contributed by atoms with E-state index in [0.717, 1.165) is 29.9 Å². The van der Waals surface area contributed by atoms with Crippen LogP contribution in [0, 0.1) is 0 Å². The van der Waals surface area contributed by atoms with Gasteiger partial charge in [-0.3, -0.25) is 4.79 Å². The molecule has 0 bridgehead atoms. The number of nitrogens with one attached hydrogen (secondary N) is 2. The van der Waals surface area contributed by atoms with E-state index in [4.69, 9.17) is 16.3 Å². The van der Waals surface area contributed by atoms with E-state index in [1.54, 1.807) is 0 Å². The first kappa shape index (κ1) is 15.6. The lowest BCUT2D eigenvalue weighted by molar-refractivity contribution is -0.924. The van der Waals surface area contributed by atoms with Crippen LogP contribution in [-0.4, -0.2) is 38.3 Å². The highest BCUT2D eigenvalue weighted by Crippen LogP contribution is 2.37. The number of amides is 1. The molecule has 1 saturated heterocycles. The first-order chi connectivity index (χ1) is 11.7. The van der Waals surface area contributed by atoms with Crippen LogP contribution >= 0.6 is 11.6 Å². The van der Waals surface area contributed by atoms with Gasteiger partial charge in [-0.05, 0) is 29.3 Å². The van der Waals surface area contributed by atoms with Crippen LogP contribution < -0.4 is 10.2 Å². The third-order valence-electron chi connectivity index (χ3n) is 4.96. The highest BCUT2D eigenvalue weighted by molar-refractivity contribution is 6.30. The van der Waals surface area contributed by atoms with Gasteiger partial charge in [0, 0.05) is 10.7 Å². The summed E-state index contributed by atoms with van der Waals surface area (Å²) in [4.78, 5) is 14.2. The van der Waals surface area contributed by atoms with Crippen LogP contribution in [0.15, 0.2) is 48.5 Å². The summed E-state index contributed by atoms with van der Waals surface area (Å²) >= 11 is 6.26. The number of carbonyl (C=O) groups is 1. The van der Waals surface area contributed by atoms with Crippen molar-refractivity contribution in [3.05, 3.63) is 64.7 Å². The average molecular weight is 344 g/mol. The normalized spacial score (nSPS) is 24.3. The summed E-state index contributed by atoms with van der Waals surface area (Å²) < 4.78 is 5.48. The fourth-order valence-corrected chi connectivity index (χ4v) is 4.02. The third kappa shape index (κ3) is 2.81. The standard InChI is InChI=1S/C19H19ClN2O2/c20-14-6-7-16-15(12-14)17(13-4-2-1-3-5-13)18(19(23)21-16)22-8-10-24-11-9-22/h1-7,12,17-18H,8-11H2,(H,21,23)/p+1/t17-,18-/m0/s1. The number of hydrogen-bond donors (Lipinski definition) is 2. The summed E-state index contributed by atoms with van der Waals surface area (Å²) in [5.74, 6) is 0.0809. The molecule has 2 aromatic rings. The number of quaternary nitrogens is 1. The van der Waals surface area contributed by atoms with Crippen molar-refractivity contribution in [1.29, 1.82) is 0 Å². The molecule has 0 aromatic heterocycles. The second-order valence-corrected chi connectivity index (χ2v) is 6.79. The van der Waals surface area contributed by atoms with E-state index >= 15 is 0 Å². The molecule has 2 aliphatic rings. The van der Waals surface area contributed by atoms with Gasteiger partial charge in [-0.25, -0.2) is 0 Å². The lowest BCUT2D eigenvalue weighted by atomic mass is 9.80. The Hall–Kier alpha value is -1.88. The number of ether oxygens (including phenoxy) is 1. The molecular weight excluding hydrogens is 324 g/mol. The van der Waals surface area contributed by atoms with Crippen molar-refractivity contribution in [2.75, 3.05) is 31.6 Å². The Morgan fingerprint density at radius 1 is 1.08 bits per heavy atom. The van der Waals surface area contributed by atoms with Gasteiger partial charge < -0.3 is 15.0 Å². The Morgan fingerprint density at radius 3 is 2.58 bits per heavy atom. The smallest absolute Gasteiger partial charge is 0.283 e. The Morgan fingerprint density at radius 2 is 1.83 bits per heavy atom. The van der Waals surface area contributed by atoms with Gasteiger partial charge in [0.05, 0.1) is 19.1 Å². The summed E-state index contributed by atoms with van der Waals surface area (Å²) in [5.41, 5.74) is 3.11. The molecule has 124 valence electrons. The first-order valence-electron chi connectivity index (χ1n) is 8.31. The van der Waals surface area contributed by atoms with E-state index < -0.39 is 0 Å². The number of hydrogen-bond acceptors (Lipinski definition) is 2. The van der Waals surface area contributed by atoms with Crippen molar-refractivity contribution in [2.24, 2.45) is 0 Å². The van der Waals surface area contributed by atoms with E-state index in [9.17, 15) is 4.79 Å². The molecule has 0 aliphatic carbocycles. The van der Waals surface area contributed by atoms with Crippen LogP contribution in [0.4, 0.5) is 5.69 Å².